The van der Waals surface area contributed by atoms with Crippen LogP contribution < -0.4 is 19.9 Å². The van der Waals surface area contributed by atoms with Gasteiger partial charge in [0, 0.05) is 30.0 Å². The van der Waals surface area contributed by atoms with Crippen molar-refractivity contribution < 1.29 is 33.0 Å². The van der Waals surface area contributed by atoms with E-state index in [-0.39, 0.29) is 23.0 Å². The molecule has 2 aromatic carbocycles. The van der Waals surface area contributed by atoms with Crippen LogP contribution in [0.1, 0.15) is 91.3 Å². The fourth-order valence-electron chi connectivity index (χ4n) is 7.47. The number of carbonyl (C=O) groups excluding carboxylic acids is 3. The van der Waals surface area contributed by atoms with Crippen LogP contribution in [-0.4, -0.2) is 83.7 Å². The third-order valence-electron chi connectivity index (χ3n) is 11.4. The Morgan fingerprint density at radius 1 is 0.895 bits per heavy atom. The zero-order valence-corrected chi connectivity index (χ0v) is 36.4. The monoisotopic (exact) mass is 797 g/mol. The zero-order valence-electron chi connectivity index (χ0n) is 35.4. The summed E-state index contributed by atoms with van der Waals surface area (Å²) in [5.74, 6) is 1.68. The average molecular weight is 798 g/mol. The van der Waals surface area contributed by atoms with Crippen molar-refractivity contribution in [3.05, 3.63) is 59.4 Å². The average Bonchev–Trinajstić information content (AvgIpc) is 3.66. The number of anilines is 4. The lowest BCUT2D eigenvalue weighted by molar-refractivity contribution is -0.120. The first kappa shape index (κ1) is 40.2. The molecule has 2 aliphatic heterocycles. The standard InChI is InChI=1S/C42H55N7O7Si/c1-24-33(43-23-44-35(24)47-21-27(22-47)56-57(12,13)41(8,9)10)45-34-28-16-14-25(18-32(28)49(46-34)38(52)55-40(5,6)7)30-20-42(30)29-19-26(53-11)15-17-31(29)48(36(42)50)37(51)54-39(2,3)4/h14-19,23,27,30H,20-22H2,1-13H3,(H,43,44,45,46)/t30-,42-/m0/s1. The summed E-state index contributed by atoms with van der Waals surface area (Å²) in [5, 5.41) is 8.89. The van der Waals surface area contributed by atoms with Gasteiger partial charge < -0.3 is 28.9 Å². The Kier molecular flexibility index (Phi) is 9.54. The highest BCUT2D eigenvalue weighted by Gasteiger charge is 2.68. The molecule has 1 spiro atoms. The Bertz CT molecular complexity index is 2280. The molecule has 304 valence electrons. The Hall–Kier alpha value is -5.02. The molecule has 1 saturated carbocycles. The normalized spacial score (nSPS) is 19.8. The van der Waals surface area contributed by atoms with Crippen LogP contribution >= 0.6 is 0 Å². The molecular weight excluding hydrogens is 743 g/mol. The Labute approximate surface area is 335 Å². The van der Waals surface area contributed by atoms with Crippen molar-refractivity contribution in [1.29, 1.82) is 0 Å². The zero-order chi connectivity index (χ0) is 41.6. The van der Waals surface area contributed by atoms with Gasteiger partial charge in [0.25, 0.3) is 0 Å². The Morgan fingerprint density at radius 2 is 1.56 bits per heavy atom. The lowest BCUT2D eigenvalue weighted by atomic mass is 9.91. The van der Waals surface area contributed by atoms with Crippen LogP contribution in [0.4, 0.5) is 32.7 Å². The minimum atomic E-state index is -1.91. The topological polar surface area (TPSA) is 150 Å². The molecule has 2 amide bonds. The van der Waals surface area contributed by atoms with Crippen molar-refractivity contribution in [3.63, 3.8) is 0 Å². The van der Waals surface area contributed by atoms with E-state index in [1.165, 1.54) is 11.0 Å². The number of nitrogens with zero attached hydrogens (tertiary/aromatic N) is 6. The number of fused-ring (bicyclic) bond motifs is 3. The predicted molar refractivity (Wildman–Crippen MR) is 221 cm³/mol. The van der Waals surface area contributed by atoms with E-state index < -0.39 is 37.1 Å². The van der Waals surface area contributed by atoms with Crippen molar-refractivity contribution in [1.82, 2.24) is 19.7 Å². The number of nitrogens with one attached hydrogen (secondary N) is 1. The van der Waals surface area contributed by atoms with Crippen LogP contribution in [0.2, 0.25) is 18.1 Å². The van der Waals surface area contributed by atoms with Crippen molar-refractivity contribution >= 4 is 60.5 Å². The van der Waals surface area contributed by atoms with Gasteiger partial charge in [0.05, 0.1) is 29.8 Å². The molecule has 0 radical (unpaired) electrons. The fourth-order valence-corrected chi connectivity index (χ4v) is 8.80. The largest absolute Gasteiger partial charge is 0.497 e. The van der Waals surface area contributed by atoms with Gasteiger partial charge in [0.1, 0.15) is 34.9 Å². The van der Waals surface area contributed by atoms with E-state index in [0.29, 0.717) is 46.0 Å². The maximum absolute atomic E-state index is 14.4. The molecule has 1 saturated heterocycles. The van der Waals surface area contributed by atoms with E-state index in [1.807, 2.05) is 31.2 Å². The van der Waals surface area contributed by atoms with Crippen LogP contribution in [0, 0.1) is 6.92 Å². The molecule has 0 unspecified atom stereocenters. The lowest BCUT2D eigenvalue weighted by Crippen LogP contribution is -2.58. The second-order valence-electron chi connectivity index (χ2n) is 19.0. The molecule has 3 aliphatic rings. The minimum absolute atomic E-state index is 0.123. The summed E-state index contributed by atoms with van der Waals surface area (Å²) < 4.78 is 24.9. The maximum atomic E-state index is 14.4. The molecule has 57 heavy (non-hydrogen) atoms. The third-order valence-corrected chi connectivity index (χ3v) is 16.0. The second-order valence-corrected chi connectivity index (χ2v) is 23.7. The van der Waals surface area contributed by atoms with Gasteiger partial charge in [-0.05, 0) is 114 Å². The first-order chi connectivity index (χ1) is 26.4. The first-order valence-corrected chi connectivity index (χ1v) is 22.4. The number of hydrogen-bond acceptors (Lipinski definition) is 12. The van der Waals surface area contributed by atoms with Crippen LogP contribution in [-0.2, 0) is 24.1 Å². The van der Waals surface area contributed by atoms with E-state index in [9.17, 15) is 14.4 Å². The second kappa shape index (κ2) is 13.5. The number of benzene rings is 2. The first-order valence-electron chi connectivity index (χ1n) is 19.5. The van der Waals surface area contributed by atoms with Gasteiger partial charge in [0.15, 0.2) is 14.1 Å². The van der Waals surface area contributed by atoms with Crippen molar-refractivity contribution in [2.45, 2.75) is 122 Å². The molecule has 4 aromatic rings. The molecule has 1 N–H and O–H groups in total. The molecule has 15 heteroatoms. The summed E-state index contributed by atoms with van der Waals surface area (Å²) >= 11 is 0. The predicted octanol–water partition coefficient (Wildman–Crippen LogP) is 8.59. The van der Waals surface area contributed by atoms with Crippen molar-refractivity contribution in [3.8, 4) is 5.75 Å². The number of imide groups is 1. The molecule has 14 nitrogen and oxygen atoms in total. The molecule has 1 aliphatic carbocycles. The number of amides is 2. The summed E-state index contributed by atoms with van der Waals surface area (Å²) in [6, 6.07) is 11.0. The number of ether oxygens (including phenoxy) is 3. The third kappa shape index (κ3) is 7.24. The van der Waals surface area contributed by atoms with Gasteiger partial charge in [-0.2, -0.15) is 4.68 Å². The van der Waals surface area contributed by atoms with E-state index in [4.69, 9.17) is 23.7 Å². The van der Waals surface area contributed by atoms with Gasteiger partial charge >= 0.3 is 12.2 Å². The molecule has 7 rings (SSSR count). The fraction of sp³-hybridized carbons (Fsp3) is 0.524. The Balaban J connectivity index is 1.21. The van der Waals surface area contributed by atoms with Gasteiger partial charge in [-0.3, -0.25) is 4.79 Å². The Morgan fingerprint density at radius 3 is 2.19 bits per heavy atom. The summed E-state index contributed by atoms with van der Waals surface area (Å²) in [6.07, 6.45) is 0.729. The quantitative estimate of drug-likeness (QED) is 0.178. The van der Waals surface area contributed by atoms with Crippen molar-refractivity contribution in [2.24, 2.45) is 0 Å². The summed E-state index contributed by atoms with van der Waals surface area (Å²) in [6.45, 7) is 25.4. The summed E-state index contributed by atoms with van der Waals surface area (Å²) in [4.78, 5) is 54.1. The number of methoxy groups -OCH3 is 1. The molecule has 2 fully saturated rings. The van der Waals surface area contributed by atoms with E-state index >= 15 is 0 Å². The summed E-state index contributed by atoms with van der Waals surface area (Å²) in [7, 11) is -0.346. The highest BCUT2D eigenvalue weighted by Crippen LogP contribution is 2.67. The molecule has 2 atom stereocenters. The van der Waals surface area contributed by atoms with Gasteiger partial charge in [-0.25, -0.2) is 24.5 Å². The number of rotatable bonds is 7. The van der Waals surface area contributed by atoms with Crippen molar-refractivity contribution in [2.75, 3.05) is 35.3 Å². The minimum Gasteiger partial charge on any atom is -0.497 e. The van der Waals surface area contributed by atoms with Crippen LogP contribution in [0.5, 0.6) is 5.75 Å². The van der Waals surface area contributed by atoms with Crippen LogP contribution in [0.25, 0.3) is 10.9 Å². The number of carbonyl (C=O) groups is 3. The molecule has 4 heterocycles. The van der Waals surface area contributed by atoms with Crippen LogP contribution in [0.15, 0.2) is 42.7 Å². The lowest BCUT2D eigenvalue weighted by Gasteiger charge is -2.47. The maximum Gasteiger partial charge on any atom is 0.435 e. The van der Waals surface area contributed by atoms with E-state index in [1.54, 1.807) is 60.8 Å². The highest BCUT2D eigenvalue weighted by molar-refractivity contribution is 6.74. The SMILES string of the molecule is COc1ccc2c(c1)[C@]1(C[C@H]1c1ccc3c(Nc4ncnc(N5CC(O[Si](C)(C)C(C)(C)C)C5)c4C)nn(C(=O)OC(C)(C)C)c3c1)C(=O)N2C(=O)OC(C)(C)C. The molecule has 0 bridgehead atoms. The summed E-state index contributed by atoms with van der Waals surface area (Å²) in [5.41, 5.74) is 0.693. The number of hydrogen-bond donors (Lipinski definition) is 1. The highest BCUT2D eigenvalue weighted by atomic mass is 28.4. The molecule has 2 aromatic heterocycles. The van der Waals surface area contributed by atoms with Gasteiger partial charge in [-0.15, -0.1) is 5.10 Å². The van der Waals surface area contributed by atoms with E-state index in [0.717, 1.165) is 34.9 Å². The number of aromatic nitrogens is 4. The van der Waals surface area contributed by atoms with Gasteiger partial charge in [0.2, 0.25) is 5.91 Å². The van der Waals surface area contributed by atoms with Crippen LogP contribution in [0.3, 0.4) is 0 Å². The smallest absolute Gasteiger partial charge is 0.435 e. The van der Waals surface area contributed by atoms with E-state index in [2.05, 4.69) is 54.0 Å². The molecular formula is C42H55N7O7Si. The van der Waals surface area contributed by atoms with Gasteiger partial charge in [-0.1, -0.05) is 26.8 Å².